The zero-order valence-electron chi connectivity index (χ0n) is 11.0. The molecule has 0 saturated carbocycles. The van der Waals surface area contributed by atoms with Gasteiger partial charge in [-0.1, -0.05) is 13.8 Å². The van der Waals surface area contributed by atoms with Gasteiger partial charge < -0.3 is 15.4 Å². The Kier molecular flexibility index (Phi) is 5.09. The smallest absolute Gasteiger partial charge is 0.260 e. The number of aromatic nitrogens is 1. The van der Waals surface area contributed by atoms with Crippen LogP contribution in [0.2, 0.25) is 0 Å². The molecular formula is C13H20N2O3. The minimum atomic E-state index is -0.585. The van der Waals surface area contributed by atoms with E-state index < -0.39 is 17.6 Å². The summed E-state index contributed by atoms with van der Waals surface area (Å²) in [7, 11) is 0. The number of aliphatic hydroxyl groups is 1. The first-order chi connectivity index (χ1) is 8.40. The number of H-pyrrole nitrogens is 1. The van der Waals surface area contributed by atoms with Gasteiger partial charge in [0.2, 0.25) is 0 Å². The molecule has 0 aliphatic heterocycles. The molecule has 0 bridgehead atoms. The number of pyridine rings is 1. The molecule has 1 aromatic rings. The summed E-state index contributed by atoms with van der Waals surface area (Å²) in [5.74, 6) is -0.0984. The summed E-state index contributed by atoms with van der Waals surface area (Å²) in [5.41, 5.74) is 0.361. The van der Waals surface area contributed by atoms with E-state index in [0.717, 1.165) is 0 Å². The van der Waals surface area contributed by atoms with Crippen LogP contribution >= 0.6 is 0 Å². The van der Waals surface area contributed by atoms with Gasteiger partial charge in [0.05, 0.1) is 6.10 Å². The van der Waals surface area contributed by atoms with Crippen LogP contribution in [0.3, 0.4) is 0 Å². The van der Waals surface area contributed by atoms with Gasteiger partial charge in [-0.2, -0.15) is 0 Å². The van der Waals surface area contributed by atoms with Gasteiger partial charge in [0, 0.05) is 12.2 Å². The van der Waals surface area contributed by atoms with Crippen molar-refractivity contribution >= 4 is 5.91 Å². The number of carbonyl (C=O) groups is 1. The molecule has 1 aromatic heterocycles. The number of hydrogen-bond donors (Lipinski definition) is 3. The van der Waals surface area contributed by atoms with Crippen LogP contribution < -0.4 is 10.9 Å². The van der Waals surface area contributed by atoms with E-state index in [1.807, 2.05) is 13.8 Å². The van der Waals surface area contributed by atoms with Crippen molar-refractivity contribution in [1.82, 2.24) is 10.3 Å². The average Bonchev–Trinajstić information content (AvgIpc) is 2.25. The molecule has 0 saturated heterocycles. The van der Waals surface area contributed by atoms with Crippen molar-refractivity contribution < 1.29 is 9.90 Å². The first kappa shape index (κ1) is 14.4. The normalized spacial score (nSPS) is 12.5. The molecule has 18 heavy (non-hydrogen) atoms. The first-order valence-electron chi connectivity index (χ1n) is 6.06. The van der Waals surface area contributed by atoms with E-state index in [1.54, 1.807) is 13.0 Å². The standard InChI is InChI=1S/C13H20N2O3/c1-8(2)6-10(16)7-14-12(17)11-5-4-9(3)15-13(11)18/h4-5,8,10,16H,6-7H2,1-3H3,(H,14,17)(H,15,18). The summed E-state index contributed by atoms with van der Waals surface area (Å²) < 4.78 is 0. The van der Waals surface area contributed by atoms with Crippen molar-refractivity contribution in [3.63, 3.8) is 0 Å². The van der Waals surface area contributed by atoms with Crippen LogP contribution in [-0.2, 0) is 0 Å². The molecule has 0 radical (unpaired) electrons. The van der Waals surface area contributed by atoms with Crippen molar-refractivity contribution in [3.8, 4) is 0 Å². The Morgan fingerprint density at radius 2 is 2.11 bits per heavy atom. The topological polar surface area (TPSA) is 82.2 Å². The third kappa shape index (κ3) is 4.33. The maximum atomic E-state index is 11.7. The summed E-state index contributed by atoms with van der Waals surface area (Å²) in [5, 5.41) is 12.2. The van der Waals surface area contributed by atoms with E-state index in [9.17, 15) is 14.7 Å². The molecule has 0 aromatic carbocycles. The van der Waals surface area contributed by atoms with Crippen LogP contribution in [0.5, 0.6) is 0 Å². The van der Waals surface area contributed by atoms with Crippen LogP contribution in [0.1, 0.15) is 36.3 Å². The van der Waals surface area contributed by atoms with Crippen LogP contribution in [0.15, 0.2) is 16.9 Å². The highest BCUT2D eigenvalue weighted by molar-refractivity contribution is 5.93. The molecule has 100 valence electrons. The van der Waals surface area contributed by atoms with E-state index in [0.29, 0.717) is 18.0 Å². The maximum absolute atomic E-state index is 11.7. The van der Waals surface area contributed by atoms with Crippen LogP contribution in [0, 0.1) is 12.8 Å². The van der Waals surface area contributed by atoms with Crippen molar-refractivity contribution in [1.29, 1.82) is 0 Å². The van der Waals surface area contributed by atoms with Gasteiger partial charge >= 0.3 is 0 Å². The molecule has 0 spiro atoms. The van der Waals surface area contributed by atoms with Crippen LogP contribution in [-0.4, -0.2) is 28.6 Å². The van der Waals surface area contributed by atoms with E-state index in [2.05, 4.69) is 10.3 Å². The lowest BCUT2D eigenvalue weighted by molar-refractivity contribution is 0.0899. The molecule has 1 atom stereocenters. The zero-order chi connectivity index (χ0) is 13.7. The Hall–Kier alpha value is -1.62. The summed E-state index contributed by atoms with van der Waals surface area (Å²) in [6.07, 6.45) is 0.0309. The average molecular weight is 252 g/mol. The molecule has 1 amide bonds. The molecule has 1 rings (SSSR count). The fourth-order valence-corrected chi connectivity index (χ4v) is 1.68. The lowest BCUT2D eigenvalue weighted by Crippen LogP contribution is -2.35. The largest absolute Gasteiger partial charge is 0.391 e. The molecule has 0 fully saturated rings. The van der Waals surface area contributed by atoms with Gasteiger partial charge in [0.25, 0.3) is 11.5 Å². The molecule has 0 aliphatic rings. The van der Waals surface area contributed by atoms with E-state index in [1.165, 1.54) is 6.07 Å². The molecule has 5 heteroatoms. The predicted octanol–water partition coefficient (Wildman–Crippen LogP) is 0.820. The highest BCUT2D eigenvalue weighted by atomic mass is 16.3. The quantitative estimate of drug-likeness (QED) is 0.725. The van der Waals surface area contributed by atoms with Gasteiger partial charge in [-0.25, -0.2) is 0 Å². The Labute approximate surface area is 106 Å². The first-order valence-corrected chi connectivity index (χ1v) is 6.06. The van der Waals surface area contributed by atoms with Crippen molar-refractivity contribution in [2.24, 2.45) is 5.92 Å². The third-order valence-corrected chi connectivity index (χ3v) is 2.54. The van der Waals surface area contributed by atoms with Gasteiger partial charge in [-0.15, -0.1) is 0 Å². The Bertz CT molecular complexity index is 466. The number of aryl methyl sites for hydroxylation is 1. The molecule has 1 heterocycles. The highest BCUT2D eigenvalue weighted by Gasteiger charge is 2.12. The van der Waals surface area contributed by atoms with Crippen molar-refractivity contribution in [2.45, 2.75) is 33.3 Å². The lowest BCUT2D eigenvalue weighted by atomic mass is 10.1. The molecule has 3 N–H and O–H groups in total. The van der Waals surface area contributed by atoms with Gasteiger partial charge in [-0.05, 0) is 31.4 Å². The number of rotatable bonds is 5. The highest BCUT2D eigenvalue weighted by Crippen LogP contribution is 2.03. The Balaban J connectivity index is 2.58. The van der Waals surface area contributed by atoms with E-state index >= 15 is 0 Å². The van der Waals surface area contributed by atoms with Gasteiger partial charge in [-0.3, -0.25) is 9.59 Å². The lowest BCUT2D eigenvalue weighted by Gasteiger charge is -2.13. The molecular weight excluding hydrogens is 232 g/mol. The van der Waals surface area contributed by atoms with Crippen LogP contribution in [0.4, 0.5) is 0 Å². The number of carbonyl (C=O) groups excluding carboxylic acids is 1. The summed E-state index contributed by atoms with van der Waals surface area (Å²) in [4.78, 5) is 25.8. The molecule has 0 aliphatic carbocycles. The fraction of sp³-hybridized carbons (Fsp3) is 0.538. The third-order valence-electron chi connectivity index (χ3n) is 2.54. The zero-order valence-corrected chi connectivity index (χ0v) is 11.0. The summed E-state index contributed by atoms with van der Waals surface area (Å²) >= 11 is 0. The Morgan fingerprint density at radius 1 is 1.44 bits per heavy atom. The fourth-order valence-electron chi connectivity index (χ4n) is 1.68. The maximum Gasteiger partial charge on any atom is 0.260 e. The number of aromatic amines is 1. The minimum Gasteiger partial charge on any atom is -0.391 e. The second kappa shape index (κ2) is 6.35. The Morgan fingerprint density at radius 3 is 2.67 bits per heavy atom. The molecule has 5 nitrogen and oxygen atoms in total. The second-order valence-corrected chi connectivity index (χ2v) is 4.88. The van der Waals surface area contributed by atoms with E-state index in [-0.39, 0.29) is 12.1 Å². The number of nitrogens with one attached hydrogen (secondary N) is 2. The van der Waals surface area contributed by atoms with Crippen molar-refractivity contribution in [2.75, 3.05) is 6.54 Å². The van der Waals surface area contributed by atoms with Gasteiger partial charge in [0.15, 0.2) is 0 Å². The number of hydrogen-bond acceptors (Lipinski definition) is 3. The minimum absolute atomic E-state index is 0.0670. The summed E-state index contributed by atoms with van der Waals surface area (Å²) in [6, 6.07) is 3.15. The number of aliphatic hydroxyl groups excluding tert-OH is 1. The SMILES string of the molecule is Cc1ccc(C(=O)NCC(O)CC(C)C)c(=O)[nH]1. The summed E-state index contributed by atoms with van der Waals surface area (Å²) in [6.45, 7) is 5.89. The second-order valence-electron chi connectivity index (χ2n) is 4.88. The van der Waals surface area contributed by atoms with Crippen molar-refractivity contribution in [3.05, 3.63) is 33.7 Å². The van der Waals surface area contributed by atoms with Crippen LogP contribution in [0.25, 0.3) is 0 Å². The predicted molar refractivity (Wildman–Crippen MR) is 69.6 cm³/mol. The monoisotopic (exact) mass is 252 g/mol. The number of amides is 1. The molecule has 1 unspecified atom stereocenters. The van der Waals surface area contributed by atoms with Gasteiger partial charge in [0.1, 0.15) is 5.56 Å². The van der Waals surface area contributed by atoms with E-state index in [4.69, 9.17) is 0 Å².